The lowest BCUT2D eigenvalue weighted by atomic mass is 10.2. The second-order valence-corrected chi connectivity index (χ2v) is 3.95. The van der Waals surface area contributed by atoms with Crippen molar-refractivity contribution in [1.82, 2.24) is 0 Å². The third kappa shape index (κ3) is 4.10. The molecular weight excluding hydrogens is 232 g/mol. The summed E-state index contributed by atoms with van der Waals surface area (Å²) in [6.45, 7) is 1.89. The number of hydrogen-bond acceptors (Lipinski definition) is 2. The van der Waals surface area contributed by atoms with Crippen LogP contribution in [-0.2, 0) is 0 Å². The molecule has 0 aliphatic rings. The third-order valence-electron chi connectivity index (χ3n) is 2.02. The molecule has 0 aliphatic carbocycles. The zero-order chi connectivity index (χ0) is 12.1. The molecule has 2 nitrogen and oxygen atoms in total. The normalized spacial score (nSPS) is 12.2. The molecule has 0 aliphatic heterocycles. The van der Waals surface area contributed by atoms with Crippen LogP contribution in [0.25, 0.3) is 0 Å². The smallest absolute Gasteiger partial charge is 0.129 e. The van der Waals surface area contributed by atoms with Crippen molar-refractivity contribution in [2.45, 2.75) is 25.9 Å². The van der Waals surface area contributed by atoms with Crippen molar-refractivity contribution >= 4 is 17.2 Å². The fourth-order valence-corrected chi connectivity index (χ4v) is 1.47. The number of thiocarbonyl (C=S) groups is 1. The Hall–Kier alpha value is -1.23. The van der Waals surface area contributed by atoms with Crippen LogP contribution in [0.1, 0.15) is 19.8 Å². The second-order valence-electron chi connectivity index (χ2n) is 3.42. The van der Waals surface area contributed by atoms with Crippen molar-refractivity contribution in [1.29, 1.82) is 0 Å². The van der Waals surface area contributed by atoms with Gasteiger partial charge in [-0.05, 0) is 6.42 Å². The Morgan fingerprint density at radius 3 is 2.38 bits per heavy atom. The molecule has 0 spiro atoms. The van der Waals surface area contributed by atoms with Crippen LogP contribution in [0.15, 0.2) is 18.2 Å². The van der Waals surface area contributed by atoms with E-state index in [1.807, 2.05) is 6.92 Å². The van der Waals surface area contributed by atoms with Crippen molar-refractivity contribution in [3.63, 3.8) is 0 Å². The summed E-state index contributed by atoms with van der Waals surface area (Å²) in [5, 5.41) is 0. The maximum Gasteiger partial charge on any atom is 0.129 e. The highest BCUT2D eigenvalue weighted by molar-refractivity contribution is 7.80. The molecule has 1 atom stereocenters. The van der Waals surface area contributed by atoms with Gasteiger partial charge in [0.2, 0.25) is 0 Å². The van der Waals surface area contributed by atoms with E-state index >= 15 is 0 Å². The minimum atomic E-state index is -0.667. The summed E-state index contributed by atoms with van der Waals surface area (Å²) in [7, 11) is 0. The first-order valence-electron chi connectivity index (χ1n) is 4.92. The van der Waals surface area contributed by atoms with E-state index in [0.29, 0.717) is 17.8 Å². The van der Waals surface area contributed by atoms with Gasteiger partial charge in [-0.15, -0.1) is 0 Å². The van der Waals surface area contributed by atoms with Crippen molar-refractivity contribution in [2.75, 3.05) is 0 Å². The van der Waals surface area contributed by atoms with Gasteiger partial charge in [-0.3, -0.25) is 0 Å². The molecule has 1 aromatic rings. The predicted molar refractivity (Wildman–Crippen MR) is 62.5 cm³/mol. The molecule has 0 heterocycles. The topological polar surface area (TPSA) is 35.2 Å². The van der Waals surface area contributed by atoms with Gasteiger partial charge >= 0.3 is 0 Å². The largest absolute Gasteiger partial charge is 0.490 e. The fourth-order valence-electron chi connectivity index (χ4n) is 1.28. The van der Waals surface area contributed by atoms with Crippen molar-refractivity contribution in [3.05, 3.63) is 29.8 Å². The lowest BCUT2D eigenvalue weighted by molar-refractivity contribution is 0.203. The van der Waals surface area contributed by atoms with Gasteiger partial charge in [0.05, 0.1) is 4.99 Å². The van der Waals surface area contributed by atoms with Crippen molar-refractivity contribution < 1.29 is 13.5 Å². The Kier molecular flexibility index (Phi) is 4.61. The lowest BCUT2D eigenvalue weighted by Gasteiger charge is -2.16. The van der Waals surface area contributed by atoms with Crippen LogP contribution in [-0.4, -0.2) is 11.1 Å². The summed E-state index contributed by atoms with van der Waals surface area (Å²) in [5.41, 5.74) is 5.39. The number of halogens is 2. The van der Waals surface area contributed by atoms with E-state index in [9.17, 15) is 8.78 Å². The molecule has 88 valence electrons. The van der Waals surface area contributed by atoms with Gasteiger partial charge in [-0.2, -0.15) is 0 Å². The molecule has 1 rings (SSSR count). The van der Waals surface area contributed by atoms with E-state index in [0.717, 1.165) is 18.2 Å². The minimum absolute atomic E-state index is 0.153. The summed E-state index contributed by atoms with van der Waals surface area (Å²) in [5.74, 6) is -1.18. The number of nitrogens with two attached hydrogens (primary N) is 1. The van der Waals surface area contributed by atoms with Crippen molar-refractivity contribution in [3.8, 4) is 5.75 Å². The van der Waals surface area contributed by atoms with Gasteiger partial charge in [-0.1, -0.05) is 19.1 Å². The molecule has 1 aromatic carbocycles. The van der Waals surface area contributed by atoms with Gasteiger partial charge in [-0.25, -0.2) is 8.78 Å². The van der Waals surface area contributed by atoms with Gasteiger partial charge in [0.15, 0.2) is 0 Å². The summed E-state index contributed by atoms with van der Waals surface area (Å²) in [6, 6.07) is 3.05. The minimum Gasteiger partial charge on any atom is -0.490 e. The maximum atomic E-state index is 12.9. The number of hydrogen-bond donors (Lipinski definition) is 1. The summed E-state index contributed by atoms with van der Waals surface area (Å²) < 4.78 is 31.1. The van der Waals surface area contributed by atoms with E-state index in [1.54, 1.807) is 0 Å². The van der Waals surface area contributed by atoms with Crippen LogP contribution in [0.3, 0.4) is 0 Å². The number of rotatable bonds is 5. The van der Waals surface area contributed by atoms with Gasteiger partial charge < -0.3 is 10.5 Å². The van der Waals surface area contributed by atoms with Crippen LogP contribution in [0.5, 0.6) is 5.75 Å². The zero-order valence-electron chi connectivity index (χ0n) is 8.87. The molecule has 0 aromatic heterocycles. The monoisotopic (exact) mass is 245 g/mol. The Morgan fingerprint density at radius 2 is 1.94 bits per heavy atom. The highest BCUT2D eigenvalue weighted by atomic mass is 32.1. The Balaban J connectivity index is 2.73. The molecule has 0 fully saturated rings. The molecular formula is C11H13F2NOS. The Labute approximate surface area is 98.4 Å². The molecule has 0 amide bonds. The van der Waals surface area contributed by atoms with Crippen molar-refractivity contribution in [2.24, 2.45) is 5.73 Å². The summed E-state index contributed by atoms with van der Waals surface area (Å²) >= 11 is 4.76. The summed E-state index contributed by atoms with van der Waals surface area (Å²) in [6.07, 6.45) is 0.804. The average molecular weight is 245 g/mol. The molecule has 0 saturated heterocycles. The standard InChI is InChI=1S/C11H13F2NOS/c1-2-9(6-11(14)16)15-10-4-7(12)3-8(13)5-10/h3-5,9H,2,6H2,1H3,(H2,14,16). The molecule has 16 heavy (non-hydrogen) atoms. The lowest BCUT2D eigenvalue weighted by Crippen LogP contribution is -2.23. The zero-order valence-corrected chi connectivity index (χ0v) is 9.69. The first-order valence-corrected chi connectivity index (χ1v) is 5.33. The average Bonchev–Trinajstić information content (AvgIpc) is 2.14. The third-order valence-corrected chi connectivity index (χ3v) is 2.19. The Bertz CT molecular complexity index is 364. The molecule has 0 bridgehead atoms. The first-order chi connectivity index (χ1) is 7.51. The van der Waals surface area contributed by atoms with Crippen LogP contribution in [0.2, 0.25) is 0 Å². The second kappa shape index (κ2) is 5.75. The SMILES string of the molecule is CCC(CC(N)=S)Oc1cc(F)cc(F)c1. The molecule has 2 N–H and O–H groups in total. The van der Waals surface area contributed by atoms with E-state index in [1.165, 1.54) is 0 Å². The molecule has 5 heteroatoms. The van der Waals surface area contributed by atoms with E-state index < -0.39 is 11.6 Å². The van der Waals surface area contributed by atoms with Gasteiger partial charge in [0.1, 0.15) is 23.5 Å². The molecule has 0 saturated carbocycles. The highest BCUT2D eigenvalue weighted by Crippen LogP contribution is 2.18. The van der Waals surface area contributed by atoms with Crippen LogP contribution < -0.4 is 10.5 Å². The summed E-state index contributed by atoms with van der Waals surface area (Å²) in [4.78, 5) is 0.323. The highest BCUT2D eigenvalue weighted by Gasteiger charge is 2.11. The van der Waals surface area contributed by atoms with Gasteiger partial charge in [0.25, 0.3) is 0 Å². The van der Waals surface area contributed by atoms with E-state index in [-0.39, 0.29) is 11.9 Å². The van der Waals surface area contributed by atoms with Crippen LogP contribution >= 0.6 is 12.2 Å². The predicted octanol–water partition coefficient (Wildman–Crippen LogP) is 2.80. The maximum absolute atomic E-state index is 12.9. The number of ether oxygens (including phenoxy) is 1. The molecule has 0 radical (unpaired) electrons. The molecule has 1 unspecified atom stereocenters. The van der Waals surface area contributed by atoms with Crippen LogP contribution in [0, 0.1) is 11.6 Å². The number of benzene rings is 1. The Morgan fingerprint density at radius 1 is 1.38 bits per heavy atom. The van der Waals surface area contributed by atoms with E-state index in [2.05, 4.69) is 0 Å². The van der Waals surface area contributed by atoms with Gasteiger partial charge in [0, 0.05) is 24.6 Å². The fraction of sp³-hybridized carbons (Fsp3) is 0.364. The van der Waals surface area contributed by atoms with E-state index in [4.69, 9.17) is 22.7 Å². The van der Waals surface area contributed by atoms with Crippen LogP contribution in [0.4, 0.5) is 8.78 Å². The quantitative estimate of drug-likeness (QED) is 0.810. The first kappa shape index (κ1) is 12.8.